The maximum Gasteiger partial charge on any atom is 0.123 e. The first-order valence-electron chi connectivity index (χ1n) is 4.11. The molecule has 66 valence electrons. The number of ether oxygens (including phenoxy) is 1. The molecule has 0 unspecified atom stereocenters. The van der Waals surface area contributed by atoms with Gasteiger partial charge in [0.2, 0.25) is 0 Å². The van der Waals surface area contributed by atoms with Crippen molar-refractivity contribution < 1.29 is 14.9 Å². The molecule has 2 rings (SSSR count). The SMILES string of the molecule is OCC1=C[C@@H]2OC=C[C@@H]2[C@@H]1CO. The average Bonchev–Trinajstić information content (AvgIpc) is 2.61. The van der Waals surface area contributed by atoms with Crippen LogP contribution in [0.15, 0.2) is 24.0 Å². The Morgan fingerprint density at radius 3 is 2.92 bits per heavy atom. The predicted molar refractivity (Wildman–Crippen MR) is 43.2 cm³/mol. The highest BCUT2D eigenvalue weighted by molar-refractivity contribution is 5.25. The highest BCUT2D eigenvalue weighted by Crippen LogP contribution is 2.37. The van der Waals surface area contributed by atoms with Gasteiger partial charge in [0.25, 0.3) is 0 Å². The van der Waals surface area contributed by atoms with E-state index >= 15 is 0 Å². The summed E-state index contributed by atoms with van der Waals surface area (Å²) >= 11 is 0. The van der Waals surface area contributed by atoms with Gasteiger partial charge in [0.05, 0.1) is 19.5 Å². The van der Waals surface area contributed by atoms with Gasteiger partial charge in [-0.2, -0.15) is 0 Å². The molecule has 0 amide bonds. The summed E-state index contributed by atoms with van der Waals surface area (Å²) in [6.07, 6.45) is 5.57. The van der Waals surface area contributed by atoms with Crippen LogP contribution in [0.4, 0.5) is 0 Å². The molecule has 0 bridgehead atoms. The maximum absolute atomic E-state index is 9.07. The second-order valence-electron chi connectivity index (χ2n) is 3.20. The van der Waals surface area contributed by atoms with Crippen LogP contribution in [0.1, 0.15) is 0 Å². The molecule has 3 atom stereocenters. The summed E-state index contributed by atoms with van der Waals surface area (Å²) in [5.41, 5.74) is 0.900. The normalized spacial score (nSPS) is 37.8. The van der Waals surface area contributed by atoms with Gasteiger partial charge in [-0.3, -0.25) is 0 Å². The molecule has 1 aliphatic carbocycles. The van der Waals surface area contributed by atoms with Crippen LogP contribution in [-0.2, 0) is 4.74 Å². The molecule has 0 radical (unpaired) electrons. The summed E-state index contributed by atoms with van der Waals surface area (Å²) < 4.78 is 5.26. The lowest BCUT2D eigenvalue weighted by Crippen LogP contribution is -2.20. The van der Waals surface area contributed by atoms with Gasteiger partial charge < -0.3 is 14.9 Å². The van der Waals surface area contributed by atoms with Crippen molar-refractivity contribution in [2.45, 2.75) is 6.10 Å². The summed E-state index contributed by atoms with van der Waals surface area (Å²) in [5, 5.41) is 18.0. The van der Waals surface area contributed by atoms with E-state index in [-0.39, 0.29) is 31.2 Å². The third-order valence-corrected chi connectivity index (χ3v) is 2.61. The van der Waals surface area contributed by atoms with Crippen molar-refractivity contribution >= 4 is 0 Å². The molecule has 0 aromatic carbocycles. The Morgan fingerprint density at radius 1 is 1.42 bits per heavy atom. The van der Waals surface area contributed by atoms with E-state index in [0.29, 0.717) is 0 Å². The Bertz CT molecular complexity index is 232. The molecule has 2 N–H and O–H groups in total. The number of aliphatic hydroxyl groups excluding tert-OH is 2. The molecule has 1 heterocycles. The second-order valence-corrected chi connectivity index (χ2v) is 3.20. The maximum atomic E-state index is 9.07. The predicted octanol–water partition coefficient (Wildman–Crippen LogP) is 0.0559. The molecule has 1 aliphatic heterocycles. The fourth-order valence-electron chi connectivity index (χ4n) is 1.93. The number of fused-ring (bicyclic) bond motifs is 1. The first-order valence-corrected chi connectivity index (χ1v) is 4.11. The molecule has 0 saturated heterocycles. The Morgan fingerprint density at radius 2 is 2.25 bits per heavy atom. The largest absolute Gasteiger partial charge is 0.494 e. The van der Waals surface area contributed by atoms with Crippen LogP contribution in [0, 0.1) is 11.8 Å². The van der Waals surface area contributed by atoms with Gasteiger partial charge in [-0.15, -0.1) is 0 Å². The van der Waals surface area contributed by atoms with E-state index in [1.807, 2.05) is 12.2 Å². The van der Waals surface area contributed by atoms with E-state index < -0.39 is 0 Å². The van der Waals surface area contributed by atoms with E-state index in [9.17, 15) is 0 Å². The fraction of sp³-hybridized carbons (Fsp3) is 0.556. The third-order valence-electron chi connectivity index (χ3n) is 2.61. The number of hydrogen-bond donors (Lipinski definition) is 2. The van der Waals surface area contributed by atoms with Gasteiger partial charge in [-0.05, 0) is 17.7 Å². The molecule has 0 aromatic heterocycles. The Hall–Kier alpha value is -0.800. The van der Waals surface area contributed by atoms with Crippen molar-refractivity contribution in [1.29, 1.82) is 0 Å². The van der Waals surface area contributed by atoms with Crippen molar-refractivity contribution in [2.24, 2.45) is 11.8 Å². The lowest BCUT2D eigenvalue weighted by atomic mass is 9.92. The van der Waals surface area contributed by atoms with Crippen LogP contribution in [0.3, 0.4) is 0 Å². The molecule has 0 fully saturated rings. The zero-order chi connectivity index (χ0) is 8.55. The minimum Gasteiger partial charge on any atom is -0.494 e. The fourth-order valence-corrected chi connectivity index (χ4v) is 1.93. The molecular weight excluding hydrogens is 156 g/mol. The second kappa shape index (κ2) is 2.92. The smallest absolute Gasteiger partial charge is 0.123 e. The summed E-state index contributed by atoms with van der Waals surface area (Å²) in [6.45, 7) is 0.108. The Labute approximate surface area is 71.0 Å². The first kappa shape index (κ1) is 7.83. The summed E-state index contributed by atoms with van der Waals surface area (Å²) in [6, 6.07) is 0. The standard InChI is InChI=1S/C9H12O3/c10-4-6-3-9-7(1-2-12-9)8(6)5-11/h1-3,7-11H,4-5H2/t7-,8-,9+/m1/s1. The van der Waals surface area contributed by atoms with Crippen LogP contribution in [0.5, 0.6) is 0 Å². The third kappa shape index (κ3) is 0.974. The zero-order valence-corrected chi connectivity index (χ0v) is 6.68. The monoisotopic (exact) mass is 168 g/mol. The minimum atomic E-state index is 0.0232. The Balaban J connectivity index is 2.18. The van der Waals surface area contributed by atoms with Crippen molar-refractivity contribution in [3.8, 4) is 0 Å². The Kier molecular flexibility index (Phi) is 1.90. The van der Waals surface area contributed by atoms with Crippen LogP contribution in [0.25, 0.3) is 0 Å². The molecular formula is C9H12O3. The number of hydrogen-bond acceptors (Lipinski definition) is 3. The molecule has 0 aromatic rings. The van der Waals surface area contributed by atoms with Crippen LogP contribution in [0.2, 0.25) is 0 Å². The van der Waals surface area contributed by atoms with Gasteiger partial charge in [-0.1, -0.05) is 0 Å². The topological polar surface area (TPSA) is 49.7 Å². The molecule has 3 nitrogen and oxygen atoms in total. The van der Waals surface area contributed by atoms with Crippen LogP contribution >= 0.6 is 0 Å². The van der Waals surface area contributed by atoms with Crippen molar-refractivity contribution in [3.05, 3.63) is 24.0 Å². The van der Waals surface area contributed by atoms with Gasteiger partial charge in [0.1, 0.15) is 6.10 Å². The van der Waals surface area contributed by atoms with E-state index in [1.165, 1.54) is 0 Å². The van der Waals surface area contributed by atoms with Crippen LogP contribution in [-0.4, -0.2) is 29.5 Å². The van der Waals surface area contributed by atoms with Gasteiger partial charge in [0.15, 0.2) is 0 Å². The van der Waals surface area contributed by atoms with E-state index in [0.717, 1.165) is 5.57 Å². The molecule has 2 aliphatic rings. The minimum absolute atomic E-state index is 0.0232. The summed E-state index contributed by atoms with van der Waals surface area (Å²) in [4.78, 5) is 0. The van der Waals surface area contributed by atoms with Gasteiger partial charge in [-0.25, -0.2) is 0 Å². The average molecular weight is 168 g/mol. The van der Waals surface area contributed by atoms with E-state index in [1.54, 1.807) is 6.26 Å². The first-order chi connectivity index (χ1) is 5.86. The molecule has 0 spiro atoms. The van der Waals surface area contributed by atoms with Crippen molar-refractivity contribution in [3.63, 3.8) is 0 Å². The van der Waals surface area contributed by atoms with Gasteiger partial charge in [0, 0.05) is 11.8 Å². The van der Waals surface area contributed by atoms with E-state index in [4.69, 9.17) is 14.9 Å². The molecule has 0 saturated carbocycles. The van der Waals surface area contributed by atoms with Crippen molar-refractivity contribution in [2.75, 3.05) is 13.2 Å². The van der Waals surface area contributed by atoms with E-state index in [2.05, 4.69) is 0 Å². The quantitative estimate of drug-likeness (QED) is 0.573. The summed E-state index contributed by atoms with van der Waals surface area (Å²) in [7, 11) is 0. The highest BCUT2D eigenvalue weighted by Gasteiger charge is 2.38. The number of aliphatic hydroxyl groups is 2. The van der Waals surface area contributed by atoms with Gasteiger partial charge >= 0.3 is 0 Å². The zero-order valence-electron chi connectivity index (χ0n) is 6.68. The highest BCUT2D eigenvalue weighted by atomic mass is 16.5. The lowest BCUT2D eigenvalue weighted by Gasteiger charge is -2.16. The lowest BCUT2D eigenvalue weighted by molar-refractivity contribution is 0.144. The van der Waals surface area contributed by atoms with Crippen LogP contribution < -0.4 is 0 Å². The molecule has 12 heavy (non-hydrogen) atoms. The number of rotatable bonds is 2. The molecule has 3 heteroatoms. The summed E-state index contributed by atoms with van der Waals surface area (Å²) in [5.74, 6) is 0.288. The van der Waals surface area contributed by atoms with Crippen molar-refractivity contribution in [1.82, 2.24) is 0 Å².